The van der Waals surface area contributed by atoms with Gasteiger partial charge in [-0.05, 0) is 20.4 Å². The Kier molecular flexibility index (Phi) is 4.03. The second-order valence-corrected chi connectivity index (χ2v) is 4.16. The van der Waals surface area contributed by atoms with E-state index in [0.29, 0.717) is 11.7 Å². The van der Waals surface area contributed by atoms with Gasteiger partial charge in [0.15, 0.2) is 5.13 Å². The van der Waals surface area contributed by atoms with E-state index in [1.54, 1.807) is 7.05 Å². The lowest BCUT2D eigenvalue weighted by Crippen LogP contribution is -2.24. The standard InChI is InChI=1S/C9H15N3OS/c1-4-7-6(2)14-9(11-7)12-8(13)5-10-3/h10H,4-5H2,1-3H3,(H,11,12,13). The zero-order chi connectivity index (χ0) is 10.6. The molecule has 0 saturated heterocycles. The molecule has 1 aromatic heterocycles. The first-order valence-corrected chi connectivity index (χ1v) is 5.39. The number of hydrogen-bond donors (Lipinski definition) is 2. The molecule has 2 N–H and O–H groups in total. The highest BCUT2D eigenvalue weighted by Gasteiger charge is 2.07. The largest absolute Gasteiger partial charge is 0.311 e. The van der Waals surface area contributed by atoms with Gasteiger partial charge in [-0.15, -0.1) is 11.3 Å². The summed E-state index contributed by atoms with van der Waals surface area (Å²) in [5.74, 6) is -0.0519. The van der Waals surface area contributed by atoms with Crippen LogP contribution in [0.3, 0.4) is 0 Å². The van der Waals surface area contributed by atoms with Crippen molar-refractivity contribution in [3.05, 3.63) is 10.6 Å². The first-order chi connectivity index (χ1) is 6.67. The molecule has 0 bridgehead atoms. The van der Waals surface area contributed by atoms with Crippen molar-refractivity contribution in [1.82, 2.24) is 10.3 Å². The fourth-order valence-electron chi connectivity index (χ4n) is 1.13. The number of likely N-dealkylation sites (N-methyl/N-ethyl adjacent to an activating group) is 1. The first kappa shape index (κ1) is 11.1. The van der Waals surface area contributed by atoms with E-state index in [-0.39, 0.29) is 5.91 Å². The summed E-state index contributed by atoms with van der Waals surface area (Å²) in [5.41, 5.74) is 1.06. The van der Waals surface area contributed by atoms with E-state index >= 15 is 0 Å². The Bertz CT molecular complexity index is 322. The molecule has 1 rings (SSSR count). The van der Waals surface area contributed by atoms with Crippen LogP contribution in [-0.4, -0.2) is 24.5 Å². The Labute approximate surface area is 87.7 Å². The predicted octanol–water partition coefficient (Wildman–Crippen LogP) is 1.17. The fraction of sp³-hybridized carbons (Fsp3) is 0.556. The van der Waals surface area contributed by atoms with Gasteiger partial charge < -0.3 is 10.6 Å². The van der Waals surface area contributed by atoms with Crippen molar-refractivity contribution in [3.8, 4) is 0 Å². The molecule has 14 heavy (non-hydrogen) atoms. The van der Waals surface area contributed by atoms with Gasteiger partial charge in [0.1, 0.15) is 0 Å². The van der Waals surface area contributed by atoms with E-state index in [1.165, 1.54) is 16.2 Å². The summed E-state index contributed by atoms with van der Waals surface area (Å²) >= 11 is 1.52. The number of carbonyl (C=O) groups excluding carboxylic acids is 1. The van der Waals surface area contributed by atoms with Gasteiger partial charge >= 0.3 is 0 Å². The fourth-order valence-corrected chi connectivity index (χ4v) is 2.05. The van der Waals surface area contributed by atoms with E-state index in [0.717, 1.165) is 12.1 Å². The lowest BCUT2D eigenvalue weighted by atomic mass is 10.3. The summed E-state index contributed by atoms with van der Waals surface area (Å²) < 4.78 is 0. The minimum Gasteiger partial charge on any atom is -0.311 e. The van der Waals surface area contributed by atoms with Crippen LogP contribution in [0.1, 0.15) is 17.5 Å². The van der Waals surface area contributed by atoms with Gasteiger partial charge in [0.25, 0.3) is 0 Å². The lowest BCUT2D eigenvalue weighted by molar-refractivity contribution is -0.115. The third-order valence-corrected chi connectivity index (χ3v) is 2.74. The highest BCUT2D eigenvalue weighted by Crippen LogP contribution is 2.21. The summed E-state index contributed by atoms with van der Waals surface area (Å²) in [5, 5.41) is 6.23. The molecule has 0 unspecified atom stereocenters. The van der Waals surface area contributed by atoms with Crippen molar-refractivity contribution in [3.63, 3.8) is 0 Å². The monoisotopic (exact) mass is 213 g/mol. The number of nitrogens with one attached hydrogen (secondary N) is 2. The summed E-state index contributed by atoms with van der Waals surface area (Å²) in [7, 11) is 1.74. The number of hydrogen-bond acceptors (Lipinski definition) is 4. The molecule has 0 spiro atoms. The Morgan fingerprint density at radius 1 is 1.57 bits per heavy atom. The van der Waals surface area contributed by atoms with Crippen molar-refractivity contribution >= 4 is 22.4 Å². The van der Waals surface area contributed by atoms with Gasteiger partial charge in [0, 0.05) is 4.88 Å². The highest BCUT2D eigenvalue weighted by molar-refractivity contribution is 7.15. The third-order valence-electron chi connectivity index (χ3n) is 1.81. The van der Waals surface area contributed by atoms with E-state index < -0.39 is 0 Å². The molecule has 4 nitrogen and oxygen atoms in total. The number of aromatic nitrogens is 1. The van der Waals surface area contributed by atoms with Crippen LogP contribution in [0.5, 0.6) is 0 Å². The average Bonchev–Trinajstić information content (AvgIpc) is 2.46. The van der Waals surface area contributed by atoms with E-state index in [1.807, 2.05) is 6.92 Å². The molecule has 0 fully saturated rings. The third kappa shape index (κ3) is 2.78. The smallest absolute Gasteiger partial charge is 0.240 e. The van der Waals surface area contributed by atoms with Crippen molar-refractivity contribution in [2.24, 2.45) is 0 Å². The van der Waals surface area contributed by atoms with Crippen LogP contribution in [0.15, 0.2) is 0 Å². The van der Waals surface area contributed by atoms with E-state index in [9.17, 15) is 4.79 Å². The van der Waals surface area contributed by atoms with Crippen LogP contribution in [0.25, 0.3) is 0 Å². The summed E-state index contributed by atoms with van der Waals surface area (Å²) in [6.07, 6.45) is 0.907. The second kappa shape index (κ2) is 5.07. The predicted molar refractivity (Wildman–Crippen MR) is 58.8 cm³/mol. The van der Waals surface area contributed by atoms with E-state index in [2.05, 4.69) is 22.5 Å². The molecule has 0 saturated carbocycles. The van der Waals surface area contributed by atoms with Crippen LogP contribution in [0.4, 0.5) is 5.13 Å². The van der Waals surface area contributed by atoms with Crippen LogP contribution < -0.4 is 10.6 Å². The molecule has 1 amide bonds. The maximum atomic E-state index is 11.2. The summed E-state index contributed by atoms with van der Waals surface area (Å²) in [4.78, 5) is 16.7. The molecular weight excluding hydrogens is 198 g/mol. The molecular formula is C9H15N3OS. The van der Waals surface area contributed by atoms with Gasteiger partial charge in [-0.25, -0.2) is 4.98 Å². The highest BCUT2D eigenvalue weighted by atomic mass is 32.1. The van der Waals surface area contributed by atoms with E-state index in [4.69, 9.17) is 0 Å². The number of carbonyl (C=O) groups is 1. The van der Waals surface area contributed by atoms with Crippen molar-refractivity contribution in [1.29, 1.82) is 0 Å². The molecule has 0 aliphatic carbocycles. The molecule has 1 heterocycles. The van der Waals surface area contributed by atoms with Crippen molar-refractivity contribution in [2.45, 2.75) is 20.3 Å². The molecule has 0 aliphatic heterocycles. The molecule has 0 atom stereocenters. The zero-order valence-electron chi connectivity index (χ0n) is 8.68. The molecule has 78 valence electrons. The van der Waals surface area contributed by atoms with Gasteiger partial charge in [-0.3, -0.25) is 4.79 Å². The Balaban J connectivity index is 2.63. The number of aryl methyl sites for hydroxylation is 2. The molecule has 0 aliphatic rings. The first-order valence-electron chi connectivity index (χ1n) is 4.58. The van der Waals surface area contributed by atoms with Crippen LogP contribution >= 0.6 is 11.3 Å². The van der Waals surface area contributed by atoms with Crippen LogP contribution in [0, 0.1) is 6.92 Å². The van der Waals surface area contributed by atoms with Gasteiger partial charge in [0.2, 0.25) is 5.91 Å². The molecule has 0 aromatic carbocycles. The maximum Gasteiger partial charge on any atom is 0.240 e. The van der Waals surface area contributed by atoms with Crippen LogP contribution in [-0.2, 0) is 11.2 Å². The summed E-state index contributed by atoms with van der Waals surface area (Å²) in [6, 6.07) is 0. The minimum absolute atomic E-state index is 0.0519. The normalized spacial score (nSPS) is 10.2. The quantitative estimate of drug-likeness (QED) is 0.789. The van der Waals surface area contributed by atoms with Crippen molar-refractivity contribution in [2.75, 3.05) is 18.9 Å². The molecule has 0 radical (unpaired) electrons. The van der Waals surface area contributed by atoms with Crippen LogP contribution in [0.2, 0.25) is 0 Å². The SMILES string of the molecule is CCc1nc(NC(=O)CNC)sc1C. The Morgan fingerprint density at radius 3 is 2.79 bits per heavy atom. The number of nitrogens with zero attached hydrogens (tertiary/aromatic N) is 1. The number of amides is 1. The average molecular weight is 213 g/mol. The summed E-state index contributed by atoms with van der Waals surface area (Å²) in [6.45, 7) is 4.39. The number of rotatable bonds is 4. The lowest BCUT2D eigenvalue weighted by Gasteiger charge is -1.98. The minimum atomic E-state index is -0.0519. The number of anilines is 1. The van der Waals surface area contributed by atoms with Crippen molar-refractivity contribution < 1.29 is 4.79 Å². The van der Waals surface area contributed by atoms with Gasteiger partial charge in [-0.2, -0.15) is 0 Å². The Morgan fingerprint density at radius 2 is 2.29 bits per heavy atom. The molecule has 1 aromatic rings. The van der Waals surface area contributed by atoms with Gasteiger partial charge in [0.05, 0.1) is 12.2 Å². The zero-order valence-corrected chi connectivity index (χ0v) is 9.49. The number of thiazole rings is 1. The second-order valence-electron chi connectivity index (χ2n) is 2.95. The Hall–Kier alpha value is -0.940. The maximum absolute atomic E-state index is 11.2. The van der Waals surface area contributed by atoms with Gasteiger partial charge in [-0.1, -0.05) is 6.92 Å². The molecule has 5 heteroatoms. The topological polar surface area (TPSA) is 54.0 Å².